The lowest BCUT2D eigenvalue weighted by Gasteiger charge is -2.21. The number of carbonyl (C=O) groups excluding carboxylic acids is 2. The third kappa shape index (κ3) is 7.24. The Balaban J connectivity index is 1.59. The number of aliphatic carboxylic acids is 1. The van der Waals surface area contributed by atoms with Crippen molar-refractivity contribution >= 4 is 29.7 Å². The minimum absolute atomic E-state index is 0.00719. The molecule has 0 aliphatic heterocycles. The lowest BCUT2D eigenvalue weighted by Crippen LogP contribution is -2.45. The van der Waals surface area contributed by atoms with Gasteiger partial charge in [-0.3, -0.25) is 4.79 Å². The average molecular weight is 499 g/mol. The fourth-order valence-electron chi connectivity index (χ4n) is 4.45. The lowest BCUT2D eigenvalue weighted by molar-refractivity contribution is -0.141. The Labute approximate surface area is 211 Å². The first kappa shape index (κ1) is 26.6. The highest BCUT2D eigenvalue weighted by Crippen LogP contribution is 2.44. The van der Waals surface area contributed by atoms with Crippen molar-refractivity contribution in [1.29, 1.82) is 0 Å². The van der Waals surface area contributed by atoms with Gasteiger partial charge in [-0.1, -0.05) is 68.3 Å². The number of carboxylic acid groups (broad SMARTS) is 1. The van der Waals surface area contributed by atoms with E-state index in [0.29, 0.717) is 18.6 Å². The van der Waals surface area contributed by atoms with Crippen LogP contribution in [-0.4, -0.2) is 53.8 Å². The van der Waals surface area contributed by atoms with Crippen molar-refractivity contribution in [2.75, 3.05) is 18.6 Å². The van der Waals surface area contributed by atoms with Crippen molar-refractivity contribution in [3.63, 3.8) is 0 Å². The number of hydrogen-bond donors (Lipinski definition) is 3. The molecule has 0 saturated heterocycles. The number of nitrogens with one attached hydrogen (secondary N) is 2. The van der Waals surface area contributed by atoms with Gasteiger partial charge in [0.05, 0.1) is 0 Å². The van der Waals surface area contributed by atoms with E-state index < -0.39 is 30.1 Å². The Bertz CT molecular complexity index is 983. The zero-order valence-corrected chi connectivity index (χ0v) is 21.1. The number of ether oxygens (including phenoxy) is 1. The third-order valence-electron chi connectivity index (χ3n) is 6.25. The van der Waals surface area contributed by atoms with Gasteiger partial charge in [0.25, 0.3) is 0 Å². The summed E-state index contributed by atoms with van der Waals surface area (Å²) >= 11 is 1.53. The minimum atomic E-state index is -1.05. The van der Waals surface area contributed by atoms with E-state index in [0.717, 1.165) is 35.1 Å². The molecule has 188 valence electrons. The molecule has 0 radical (unpaired) electrons. The van der Waals surface area contributed by atoms with E-state index in [1.54, 1.807) is 0 Å². The highest BCUT2D eigenvalue weighted by molar-refractivity contribution is 7.98. The number of carboxylic acids is 1. The molecule has 3 rings (SSSR count). The summed E-state index contributed by atoms with van der Waals surface area (Å²) in [6, 6.07) is 14.9. The van der Waals surface area contributed by atoms with Gasteiger partial charge < -0.3 is 20.5 Å². The van der Waals surface area contributed by atoms with Crippen LogP contribution in [0.5, 0.6) is 0 Å². The number of carbonyl (C=O) groups is 3. The van der Waals surface area contributed by atoms with Gasteiger partial charge >= 0.3 is 12.1 Å². The Morgan fingerprint density at radius 2 is 1.63 bits per heavy atom. The molecule has 35 heavy (non-hydrogen) atoms. The summed E-state index contributed by atoms with van der Waals surface area (Å²) in [5, 5.41) is 14.8. The van der Waals surface area contributed by atoms with Gasteiger partial charge in [0, 0.05) is 18.4 Å². The number of rotatable bonds is 13. The molecule has 3 N–H and O–H groups in total. The largest absolute Gasteiger partial charge is 0.480 e. The SMILES string of the molecule is CCCCC(CC(=O)NC(CCSC)C(=O)O)NC(=O)OCC1c2ccccc2-c2ccccc21. The highest BCUT2D eigenvalue weighted by Gasteiger charge is 2.29. The zero-order valence-electron chi connectivity index (χ0n) is 20.3. The van der Waals surface area contributed by atoms with Gasteiger partial charge in [0.15, 0.2) is 0 Å². The molecular weight excluding hydrogens is 464 g/mol. The molecule has 7 nitrogen and oxygen atoms in total. The smallest absolute Gasteiger partial charge is 0.407 e. The van der Waals surface area contributed by atoms with Crippen LogP contribution in [0.4, 0.5) is 4.79 Å². The number of benzene rings is 2. The molecule has 1 aliphatic carbocycles. The summed E-state index contributed by atoms with van der Waals surface area (Å²) in [5.41, 5.74) is 4.58. The molecule has 0 bridgehead atoms. The van der Waals surface area contributed by atoms with E-state index in [1.165, 1.54) is 11.8 Å². The monoisotopic (exact) mass is 498 g/mol. The van der Waals surface area contributed by atoms with Crippen LogP contribution < -0.4 is 10.6 Å². The van der Waals surface area contributed by atoms with Crippen LogP contribution in [-0.2, 0) is 14.3 Å². The number of thioether (sulfide) groups is 1. The summed E-state index contributed by atoms with van der Waals surface area (Å²) < 4.78 is 5.63. The quantitative estimate of drug-likeness (QED) is 0.367. The normalized spacial score (nSPS) is 13.9. The lowest BCUT2D eigenvalue weighted by atomic mass is 9.98. The fourth-order valence-corrected chi connectivity index (χ4v) is 4.92. The maximum atomic E-state index is 12.7. The van der Waals surface area contributed by atoms with Crippen molar-refractivity contribution in [3.8, 4) is 11.1 Å². The van der Waals surface area contributed by atoms with Crippen LogP contribution >= 0.6 is 11.8 Å². The molecule has 0 saturated carbocycles. The zero-order chi connectivity index (χ0) is 25.2. The third-order valence-corrected chi connectivity index (χ3v) is 6.89. The summed E-state index contributed by atoms with van der Waals surface area (Å²) in [5.74, 6) is -0.854. The summed E-state index contributed by atoms with van der Waals surface area (Å²) in [7, 11) is 0. The number of fused-ring (bicyclic) bond motifs is 3. The molecule has 2 aromatic carbocycles. The minimum Gasteiger partial charge on any atom is -0.480 e. The fraction of sp³-hybridized carbons (Fsp3) is 0.444. The van der Waals surface area contributed by atoms with Gasteiger partial charge in [-0.15, -0.1) is 0 Å². The Morgan fingerprint density at radius 3 is 2.20 bits per heavy atom. The Morgan fingerprint density at radius 1 is 1.00 bits per heavy atom. The highest BCUT2D eigenvalue weighted by atomic mass is 32.2. The first-order chi connectivity index (χ1) is 16.9. The van der Waals surface area contributed by atoms with Crippen molar-refractivity contribution in [3.05, 3.63) is 59.7 Å². The molecule has 2 aromatic rings. The molecule has 0 fully saturated rings. The predicted octanol–water partition coefficient (Wildman–Crippen LogP) is 4.80. The Hall–Kier alpha value is -3.00. The molecule has 8 heteroatoms. The summed E-state index contributed by atoms with van der Waals surface area (Å²) in [4.78, 5) is 36.7. The maximum absolute atomic E-state index is 12.7. The van der Waals surface area contributed by atoms with E-state index in [4.69, 9.17) is 4.74 Å². The van der Waals surface area contributed by atoms with E-state index >= 15 is 0 Å². The molecule has 0 spiro atoms. The molecular formula is C27H34N2O5S. The van der Waals surface area contributed by atoms with Crippen LogP contribution in [0.1, 0.15) is 56.1 Å². The number of amides is 2. The molecule has 1 aliphatic rings. The van der Waals surface area contributed by atoms with Crippen molar-refractivity contribution < 1.29 is 24.2 Å². The molecule has 2 unspecified atom stereocenters. The predicted molar refractivity (Wildman–Crippen MR) is 139 cm³/mol. The van der Waals surface area contributed by atoms with E-state index in [9.17, 15) is 19.5 Å². The second kappa shape index (κ2) is 13.2. The van der Waals surface area contributed by atoms with Crippen LogP contribution in [0, 0.1) is 0 Å². The molecule has 2 atom stereocenters. The van der Waals surface area contributed by atoms with E-state index in [2.05, 4.69) is 34.9 Å². The molecule has 0 aromatic heterocycles. The first-order valence-corrected chi connectivity index (χ1v) is 13.5. The van der Waals surface area contributed by atoms with Crippen molar-refractivity contribution in [2.24, 2.45) is 0 Å². The number of unbranched alkanes of at least 4 members (excludes halogenated alkanes) is 1. The van der Waals surface area contributed by atoms with Gasteiger partial charge in [0.1, 0.15) is 12.6 Å². The maximum Gasteiger partial charge on any atom is 0.407 e. The number of alkyl carbamates (subject to hydrolysis) is 1. The summed E-state index contributed by atoms with van der Waals surface area (Å²) in [6.07, 6.45) is 4.02. The van der Waals surface area contributed by atoms with Crippen LogP contribution in [0.25, 0.3) is 11.1 Å². The molecule has 0 heterocycles. The Kier molecular flexibility index (Phi) is 10.0. The van der Waals surface area contributed by atoms with Gasteiger partial charge in [-0.25, -0.2) is 9.59 Å². The van der Waals surface area contributed by atoms with Gasteiger partial charge in [0.2, 0.25) is 5.91 Å². The average Bonchev–Trinajstić information content (AvgIpc) is 3.17. The van der Waals surface area contributed by atoms with Gasteiger partial charge in [-0.2, -0.15) is 11.8 Å². The second-order valence-electron chi connectivity index (χ2n) is 8.75. The molecule has 2 amide bonds. The number of hydrogen-bond acceptors (Lipinski definition) is 5. The standard InChI is InChI=1S/C27H34N2O5S/c1-3-4-9-18(16-25(30)29-24(26(31)32)14-15-35-2)28-27(33)34-17-23-21-12-7-5-10-19(21)20-11-6-8-13-22(20)23/h5-8,10-13,18,23-24H,3-4,9,14-17H2,1-2H3,(H,28,33)(H,29,30)(H,31,32). The second-order valence-corrected chi connectivity index (χ2v) is 9.74. The van der Waals surface area contributed by atoms with E-state index in [1.807, 2.05) is 37.4 Å². The summed E-state index contributed by atoms with van der Waals surface area (Å²) in [6.45, 7) is 2.23. The topological polar surface area (TPSA) is 105 Å². The van der Waals surface area contributed by atoms with Crippen LogP contribution in [0.3, 0.4) is 0 Å². The van der Waals surface area contributed by atoms with Crippen LogP contribution in [0.15, 0.2) is 48.5 Å². The first-order valence-electron chi connectivity index (χ1n) is 12.1. The van der Waals surface area contributed by atoms with Crippen molar-refractivity contribution in [1.82, 2.24) is 10.6 Å². The van der Waals surface area contributed by atoms with E-state index in [-0.39, 0.29) is 18.9 Å². The van der Waals surface area contributed by atoms with Crippen molar-refractivity contribution in [2.45, 2.75) is 57.0 Å². The van der Waals surface area contributed by atoms with Crippen LogP contribution in [0.2, 0.25) is 0 Å². The van der Waals surface area contributed by atoms with Gasteiger partial charge in [-0.05, 0) is 47.1 Å².